The lowest BCUT2D eigenvalue weighted by atomic mass is 9.99. The second kappa shape index (κ2) is 11.6. The molecule has 0 saturated heterocycles. The largest absolute Gasteiger partial charge is 0.486 e. The second-order valence-corrected chi connectivity index (χ2v) is 12.0. The fourth-order valence-electron chi connectivity index (χ4n) is 4.56. The van der Waals surface area contributed by atoms with Crippen molar-refractivity contribution in [1.82, 2.24) is 9.21 Å². The number of aliphatic hydroxyl groups excluding tert-OH is 1. The van der Waals surface area contributed by atoms with E-state index in [9.17, 15) is 23.1 Å². The number of amides is 3. The quantitative estimate of drug-likeness (QED) is 0.410. The normalized spacial score (nSPS) is 18.6. The number of urea groups is 1. The third kappa shape index (κ3) is 6.32. The van der Waals surface area contributed by atoms with Crippen molar-refractivity contribution in [2.75, 3.05) is 43.6 Å². The summed E-state index contributed by atoms with van der Waals surface area (Å²) in [4.78, 5) is 28.3. The van der Waals surface area contributed by atoms with Crippen LogP contribution in [0.15, 0.2) is 60.7 Å². The Balaban J connectivity index is 1.70. The number of rotatable bonds is 7. The molecule has 0 radical (unpaired) electrons. The van der Waals surface area contributed by atoms with Crippen LogP contribution in [-0.2, 0) is 10.0 Å². The molecule has 3 atom stereocenters. The second-order valence-electron chi connectivity index (χ2n) is 9.95. The van der Waals surface area contributed by atoms with Gasteiger partial charge in [0.05, 0.1) is 42.4 Å². The number of sulfonamides is 1. The highest BCUT2D eigenvalue weighted by Crippen LogP contribution is 2.35. The molecule has 3 N–H and O–H groups in total. The molecule has 11 heteroatoms. The van der Waals surface area contributed by atoms with Crippen LogP contribution in [0.4, 0.5) is 16.2 Å². The minimum atomic E-state index is -3.50. The molecule has 0 aromatic heterocycles. The summed E-state index contributed by atoms with van der Waals surface area (Å²) in [6.45, 7) is 3.64. The highest BCUT2D eigenvalue weighted by Gasteiger charge is 2.35. The van der Waals surface area contributed by atoms with E-state index in [1.54, 1.807) is 36.1 Å². The standard InChI is InChI=1S/C28H34N4O6S/c1-18-15-32(19(2)17-33)27(34)22-12-8-14-24(26(22)38-25(18)16-31(3)39(4,36)37)30-28(35)29-23-13-7-10-20-9-5-6-11-21(20)23/h5-14,18-19,25,33H,15-17H2,1-4H3,(H2,29,30,35)/t18-,19+,25-/m0/s1. The number of ether oxygens (including phenoxy) is 1. The molecule has 1 aliphatic heterocycles. The molecule has 1 heterocycles. The van der Waals surface area contributed by atoms with Gasteiger partial charge in [-0.15, -0.1) is 0 Å². The van der Waals surface area contributed by atoms with Gasteiger partial charge < -0.3 is 25.4 Å². The Morgan fingerprint density at radius 3 is 2.46 bits per heavy atom. The van der Waals surface area contributed by atoms with Crippen LogP contribution in [0.2, 0.25) is 0 Å². The van der Waals surface area contributed by atoms with Crippen LogP contribution in [0.3, 0.4) is 0 Å². The number of fused-ring (bicyclic) bond motifs is 2. The molecule has 39 heavy (non-hydrogen) atoms. The summed E-state index contributed by atoms with van der Waals surface area (Å²) in [5.74, 6) is -0.506. The molecular formula is C28H34N4O6S. The number of nitrogens with zero attached hydrogens (tertiary/aromatic N) is 2. The summed E-state index contributed by atoms with van der Waals surface area (Å²) in [5, 5.41) is 17.3. The number of likely N-dealkylation sites (N-methyl/N-ethyl adjacent to an activating group) is 1. The Hall–Kier alpha value is -3.67. The molecule has 0 bridgehead atoms. The predicted molar refractivity (Wildman–Crippen MR) is 152 cm³/mol. The fourth-order valence-corrected chi connectivity index (χ4v) is 4.98. The minimum absolute atomic E-state index is 0.0332. The van der Waals surface area contributed by atoms with Crippen LogP contribution in [0.5, 0.6) is 5.75 Å². The third-order valence-corrected chi connectivity index (χ3v) is 8.26. The predicted octanol–water partition coefficient (Wildman–Crippen LogP) is 3.60. The topological polar surface area (TPSA) is 128 Å². The molecule has 4 rings (SSSR count). The summed E-state index contributed by atoms with van der Waals surface area (Å²) in [7, 11) is -2.03. The summed E-state index contributed by atoms with van der Waals surface area (Å²) < 4.78 is 31.9. The Morgan fingerprint density at radius 1 is 1.10 bits per heavy atom. The number of aliphatic hydroxyl groups is 1. The van der Waals surface area contributed by atoms with Crippen molar-refractivity contribution in [3.05, 3.63) is 66.2 Å². The summed E-state index contributed by atoms with van der Waals surface area (Å²) in [6, 6.07) is 17.1. The maximum absolute atomic E-state index is 13.6. The third-order valence-electron chi connectivity index (χ3n) is 6.98. The maximum Gasteiger partial charge on any atom is 0.323 e. The lowest BCUT2D eigenvalue weighted by Crippen LogP contribution is -2.50. The van der Waals surface area contributed by atoms with Crippen molar-refractivity contribution in [1.29, 1.82) is 0 Å². The highest BCUT2D eigenvalue weighted by atomic mass is 32.2. The smallest absolute Gasteiger partial charge is 0.323 e. The molecule has 0 fully saturated rings. The van der Waals surface area contributed by atoms with E-state index in [4.69, 9.17) is 4.74 Å². The molecule has 1 aliphatic rings. The van der Waals surface area contributed by atoms with Gasteiger partial charge in [-0.2, -0.15) is 0 Å². The molecule has 0 saturated carbocycles. The average molecular weight is 555 g/mol. The van der Waals surface area contributed by atoms with Crippen molar-refractivity contribution in [2.45, 2.75) is 26.0 Å². The van der Waals surface area contributed by atoms with Gasteiger partial charge in [0.2, 0.25) is 10.0 Å². The van der Waals surface area contributed by atoms with Crippen LogP contribution in [0.25, 0.3) is 10.8 Å². The van der Waals surface area contributed by atoms with E-state index in [-0.39, 0.29) is 48.5 Å². The number of para-hydroxylation sites is 1. The fraction of sp³-hybridized carbons (Fsp3) is 0.357. The van der Waals surface area contributed by atoms with E-state index in [1.165, 1.54) is 11.4 Å². The van der Waals surface area contributed by atoms with Crippen LogP contribution in [-0.4, -0.2) is 79.8 Å². The zero-order valence-electron chi connectivity index (χ0n) is 22.4. The first-order chi connectivity index (χ1) is 18.5. The Bertz CT molecular complexity index is 1470. The zero-order valence-corrected chi connectivity index (χ0v) is 23.2. The Labute approximate surface area is 228 Å². The number of hydrogen-bond acceptors (Lipinski definition) is 6. The summed E-state index contributed by atoms with van der Waals surface area (Å²) in [6.07, 6.45) is 0.469. The van der Waals surface area contributed by atoms with Gasteiger partial charge in [-0.05, 0) is 30.5 Å². The Kier molecular flexibility index (Phi) is 8.43. The Morgan fingerprint density at radius 2 is 1.74 bits per heavy atom. The lowest BCUT2D eigenvalue weighted by Gasteiger charge is -2.38. The van der Waals surface area contributed by atoms with E-state index in [2.05, 4.69) is 10.6 Å². The van der Waals surface area contributed by atoms with Gasteiger partial charge in [-0.25, -0.2) is 17.5 Å². The molecule has 0 spiro atoms. The molecule has 208 valence electrons. The van der Waals surface area contributed by atoms with Gasteiger partial charge in [-0.1, -0.05) is 49.4 Å². The molecular weight excluding hydrogens is 520 g/mol. The first-order valence-corrected chi connectivity index (χ1v) is 14.5. The van der Waals surface area contributed by atoms with Crippen LogP contribution in [0.1, 0.15) is 24.2 Å². The monoisotopic (exact) mass is 554 g/mol. The van der Waals surface area contributed by atoms with E-state index < -0.39 is 28.2 Å². The molecule has 0 aliphatic carbocycles. The molecule has 3 aromatic rings. The zero-order chi connectivity index (χ0) is 28.3. The van der Waals surface area contributed by atoms with Gasteiger partial charge in [0.25, 0.3) is 5.91 Å². The number of benzene rings is 3. The SMILES string of the molecule is C[C@H](CO)N1C[C@H](C)[C@H](CN(C)S(C)(=O)=O)Oc2c(NC(=O)Nc3cccc4ccccc34)cccc2C1=O. The number of hydrogen-bond donors (Lipinski definition) is 3. The highest BCUT2D eigenvalue weighted by molar-refractivity contribution is 7.88. The minimum Gasteiger partial charge on any atom is -0.486 e. The van der Waals surface area contributed by atoms with Crippen LogP contribution < -0.4 is 15.4 Å². The van der Waals surface area contributed by atoms with Gasteiger partial charge in [0, 0.05) is 24.9 Å². The van der Waals surface area contributed by atoms with Gasteiger partial charge in [0.1, 0.15) is 6.10 Å². The molecule has 0 unspecified atom stereocenters. The van der Waals surface area contributed by atoms with E-state index in [1.807, 2.05) is 43.3 Å². The van der Waals surface area contributed by atoms with Gasteiger partial charge in [0.15, 0.2) is 5.75 Å². The van der Waals surface area contributed by atoms with Crippen molar-refractivity contribution in [3.63, 3.8) is 0 Å². The first kappa shape index (κ1) is 28.3. The summed E-state index contributed by atoms with van der Waals surface area (Å²) >= 11 is 0. The maximum atomic E-state index is 13.6. The van der Waals surface area contributed by atoms with Crippen molar-refractivity contribution in [2.24, 2.45) is 5.92 Å². The van der Waals surface area contributed by atoms with Crippen molar-refractivity contribution < 1.29 is 27.9 Å². The molecule has 10 nitrogen and oxygen atoms in total. The lowest BCUT2D eigenvalue weighted by molar-refractivity contribution is 0.0389. The molecule has 3 aromatic carbocycles. The average Bonchev–Trinajstić information content (AvgIpc) is 2.90. The number of anilines is 2. The van der Waals surface area contributed by atoms with Crippen LogP contribution in [0, 0.1) is 5.92 Å². The van der Waals surface area contributed by atoms with Crippen LogP contribution >= 0.6 is 0 Å². The molecule has 3 amide bonds. The van der Waals surface area contributed by atoms with Gasteiger partial charge >= 0.3 is 6.03 Å². The van der Waals surface area contributed by atoms with E-state index in [0.717, 1.165) is 17.0 Å². The number of carbonyl (C=O) groups excluding carboxylic acids is 2. The number of carbonyl (C=O) groups is 2. The van der Waals surface area contributed by atoms with Crippen molar-refractivity contribution in [3.8, 4) is 5.75 Å². The van der Waals surface area contributed by atoms with Crippen molar-refractivity contribution >= 4 is 44.1 Å². The van der Waals surface area contributed by atoms with E-state index >= 15 is 0 Å². The first-order valence-electron chi connectivity index (χ1n) is 12.7. The van der Waals surface area contributed by atoms with Gasteiger partial charge in [-0.3, -0.25) is 4.79 Å². The summed E-state index contributed by atoms with van der Waals surface area (Å²) in [5.41, 5.74) is 1.08. The number of nitrogens with one attached hydrogen (secondary N) is 2. The van der Waals surface area contributed by atoms with E-state index in [0.29, 0.717) is 5.69 Å².